The number of halogens is 1. The summed E-state index contributed by atoms with van der Waals surface area (Å²) in [5.41, 5.74) is 1.59. The van der Waals surface area contributed by atoms with Crippen LogP contribution >= 0.6 is 11.6 Å². The number of hydrogen-bond donors (Lipinski definition) is 1. The maximum Gasteiger partial charge on any atom is 0.118 e. The van der Waals surface area contributed by atoms with E-state index in [1.165, 1.54) is 18.4 Å². The molecule has 0 aromatic heterocycles. The van der Waals surface area contributed by atoms with Crippen molar-refractivity contribution in [2.24, 2.45) is 0 Å². The Bertz CT molecular complexity index is 332. The van der Waals surface area contributed by atoms with Gasteiger partial charge in [0, 0.05) is 11.4 Å². The highest BCUT2D eigenvalue weighted by Gasteiger charge is 2.40. The van der Waals surface area contributed by atoms with Gasteiger partial charge < -0.3 is 10.1 Å². The van der Waals surface area contributed by atoms with Gasteiger partial charge in [0.1, 0.15) is 5.75 Å². The Kier molecular flexibility index (Phi) is 3.72. The predicted molar refractivity (Wildman–Crippen MR) is 67.4 cm³/mol. The lowest BCUT2D eigenvalue weighted by molar-refractivity contribution is 0.414. The number of alkyl halides is 1. The van der Waals surface area contributed by atoms with Gasteiger partial charge in [0.2, 0.25) is 0 Å². The van der Waals surface area contributed by atoms with Gasteiger partial charge in [-0.3, -0.25) is 0 Å². The third-order valence-corrected chi connectivity index (χ3v) is 3.69. The number of benzene rings is 1. The molecule has 1 saturated carbocycles. The maximum absolute atomic E-state index is 5.90. The van der Waals surface area contributed by atoms with Crippen LogP contribution in [0.1, 0.15) is 18.4 Å². The van der Waals surface area contributed by atoms with Gasteiger partial charge in [0.25, 0.3) is 0 Å². The van der Waals surface area contributed by atoms with Crippen LogP contribution < -0.4 is 10.1 Å². The van der Waals surface area contributed by atoms with Gasteiger partial charge in [-0.05, 0) is 43.5 Å². The lowest BCUT2D eigenvalue weighted by Crippen LogP contribution is -2.34. The minimum Gasteiger partial charge on any atom is -0.497 e. The summed E-state index contributed by atoms with van der Waals surface area (Å²) in [7, 11) is 1.69. The first-order chi connectivity index (χ1) is 7.78. The van der Waals surface area contributed by atoms with Crippen LogP contribution in [-0.2, 0) is 6.42 Å². The Labute approximate surface area is 102 Å². The van der Waals surface area contributed by atoms with Crippen molar-refractivity contribution in [3.63, 3.8) is 0 Å². The lowest BCUT2D eigenvalue weighted by Gasteiger charge is -2.13. The molecular weight excluding hydrogens is 222 g/mol. The summed E-state index contributed by atoms with van der Waals surface area (Å²) in [5.74, 6) is 1.64. The zero-order valence-electron chi connectivity index (χ0n) is 9.63. The van der Waals surface area contributed by atoms with Gasteiger partial charge in [-0.15, -0.1) is 11.6 Å². The topological polar surface area (TPSA) is 21.3 Å². The summed E-state index contributed by atoms with van der Waals surface area (Å²) < 4.78 is 5.12. The van der Waals surface area contributed by atoms with Gasteiger partial charge in [-0.1, -0.05) is 12.1 Å². The zero-order chi connectivity index (χ0) is 11.4. The van der Waals surface area contributed by atoms with Gasteiger partial charge in [0.15, 0.2) is 0 Å². The second-order valence-electron chi connectivity index (χ2n) is 4.44. The minimum absolute atomic E-state index is 0.258. The molecule has 0 aliphatic heterocycles. The highest BCUT2D eigenvalue weighted by Crippen LogP contribution is 2.36. The van der Waals surface area contributed by atoms with Crippen molar-refractivity contribution >= 4 is 11.6 Å². The van der Waals surface area contributed by atoms with E-state index in [0.717, 1.165) is 24.6 Å². The molecule has 0 saturated heterocycles. The third-order valence-electron chi connectivity index (χ3n) is 3.18. The van der Waals surface area contributed by atoms with Crippen LogP contribution in [0, 0.1) is 0 Å². The number of hydrogen-bond acceptors (Lipinski definition) is 2. The van der Waals surface area contributed by atoms with Crippen molar-refractivity contribution in [3.8, 4) is 5.75 Å². The summed E-state index contributed by atoms with van der Waals surface area (Å²) in [4.78, 5) is 0. The molecule has 0 unspecified atom stereocenters. The third kappa shape index (κ3) is 2.89. The molecule has 0 amide bonds. The van der Waals surface area contributed by atoms with Gasteiger partial charge in [-0.2, -0.15) is 0 Å². The van der Waals surface area contributed by atoms with Crippen LogP contribution in [0.15, 0.2) is 24.3 Å². The molecule has 88 valence electrons. The first-order valence-electron chi connectivity index (χ1n) is 5.72. The van der Waals surface area contributed by atoms with E-state index in [1.54, 1.807) is 7.11 Å². The standard InChI is InChI=1S/C13H18ClNO/c1-16-12-4-2-11(3-5-12)6-9-15-13(10-14)7-8-13/h2-5,15H,6-10H2,1H3. The smallest absolute Gasteiger partial charge is 0.118 e. The SMILES string of the molecule is COc1ccc(CCNC2(CCl)CC2)cc1. The van der Waals surface area contributed by atoms with Crippen molar-refractivity contribution in [1.82, 2.24) is 5.32 Å². The van der Waals surface area contributed by atoms with Crippen molar-refractivity contribution < 1.29 is 4.74 Å². The van der Waals surface area contributed by atoms with Crippen LogP contribution in [0.2, 0.25) is 0 Å². The van der Waals surface area contributed by atoms with E-state index in [9.17, 15) is 0 Å². The van der Waals surface area contributed by atoms with Gasteiger partial charge in [0.05, 0.1) is 7.11 Å². The monoisotopic (exact) mass is 239 g/mol. The molecule has 1 aliphatic carbocycles. The summed E-state index contributed by atoms with van der Waals surface area (Å²) in [6.45, 7) is 0.999. The normalized spacial score (nSPS) is 17.1. The van der Waals surface area contributed by atoms with E-state index in [0.29, 0.717) is 0 Å². The summed E-state index contributed by atoms with van der Waals surface area (Å²) in [6.07, 6.45) is 3.49. The molecule has 0 bridgehead atoms. The Hall–Kier alpha value is -0.730. The Balaban J connectivity index is 1.76. The largest absolute Gasteiger partial charge is 0.497 e. The summed E-state index contributed by atoms with van der Waals surface area (Å²) >= 11 is 5.90. The molecule has 1 aromatic carbocycles. The van der Waals surface area contributed by atoms with Crippen LogP contribution in [0.5, 0.6) is 5.75 Å². The molecule has 0 atom stereocenters. The first-order valence-corrected chi connectivity index (χ1v) is 6.25. The van der Waals surface area contributed by atoms with E-state index in [-0.39, 0.29) is 5.54 Å². The number of nitrogens with one attached hydrogen (secondary N) is 1. The quantitative estimate of drug-likeness (QED) is 0.771. The fourth-order valence-corrected chi connectivity index (χ4v) is 2.13. The zero-order valence-corrected chi connectivity index (χ0v) is 10.4. The molecule has 0 spiro atoms. The molecule has 1 aliphatic rings. The Morgan fingerprint density at radius 3 is 2.50 bits per heavy atom. The minimum atomic E-state index is 0.258. The highest BCUT2D eigenvalue weighted by molar-refractivity contribution is 6.18. The molecular formula is C13H18ClNO. The average Bonchev–Trinajstić information content (AvgIpc) is 3.11. The second kappa shape index (κ2) is 5.07. The maximum atomic E-state index is 5.90. The van der Waals surface area contributed by atoms with Gasteiger partial charge in [-0.25, -0.2) is 0 Å². The van der Waals surface area contributed by atoms with Gasteiger partial charge >= 0.3 is 0 Å². The van der Waals surface area contributed by atoms with E-state index in [1.807, 2.05) is 12.1 Å². The van der Waals surface area contributed by atoms with Crippen molar-refractivity contribution in [2.75, 3.05) is 19.5 Å². The molecule has 1 N–H and O–H groups in total. The summed E-state index contributed by atoms with van der Waals surface area (Å²) in [5, 5.41) is 3.53. The number of methoxy groups -OCH3 is 1. The molecule has 2 nitrogen and oxygen atoms in total. The first kappa shape index (κ1) is 11.7. The number of ether oxygens (including phenoxy) is 1. The molecule has 0 radical (unpaired) electrons. The molecule has 3 heteroatoms. The van der Waals surface area contributed by atoms with E-state index in [2.05, 4.69) is 17.4 Å². The molecule has 16 heavy (non-hydrogen) atoms. The molecule has 2 rings (SSSR count). The van der Waals surface area contributed by atoms with Crippen LogP contribution in [-0.4, -0.2) is 25.1 Å². The fraction of sp³-hybridized carbons (Fsp3) is 0.538. The average molecular weight is 240 g/mol. The van der Waals surface area contributed by atoms with Crippen molar-refractivity contribution in [2.45, 2.75) is 24.8 Å². The molecule has 1 fully saturated rings. The lowest BCUT2D eigenvalue weighted by atomic mass is 10.1. The number of rotatable bonds is 6. The van der Waals surface area contributed by atoms with Crippen LogP contribution in [0.4, 0.5) is 0 Å². The predicted octanol–water partition coefficient (Wildman–Crippen LogP) is 2.60. The van der Waals surface area contributed by atoms with E-state index >= 15 is 0 Å². The fourth-order valence-electron chi connectivity index (χ4n) is 1.77. The van der Waals surface area contributed by atoms with Crippen molar-refractivity contribution in [3.05, 3.63) is 29.8 Å². The van der Waals surface area contributed by atoms with E-state index in [4.69, 9.17) is 16.3 Å². The van der Waals surface area contributed by atoms with Crippen molar-refractivity contribution in [1.29, 1.82) is 0 Å². The highest BCUT2D eigenvalue weighted by atomic mass is 35.5. The Morgan fingerprint density at radius 1 is 1.31 bits per heavy atom. The van der Waals surface area contributed by atoms with Crippen LogP contribution in [0.3, 0.4) is 0 Å². The Morgan fingerprint density at radius 2 is 2.00 bits per heavy atom. The molecule has 0 heterocycles. The second-order valence-corrected chi connectivity index (χ2v) is 4.71. The summed E-state index contributed by atoms with van der Waals surface area (Å²) in [6, 6.07) is 8.23. The van der Waals surface area contributed by atoms with E-state index < -0.39 is 0 Å². The van der Waals surface area contributed by atoms with Crippen LogP contribution in [0.25, 0.3) is 0 Å². The molecule has 1 aromatic rings.